The molecule has 0 fully saturated rings. The van der Waals surface area contributed by atoms with Crippen LogP contribution in [0.2, 0.25) is 0 Å². The van der Waals surface area contributed by atoms with Crippen molar-refractivity contribution in [3.05, 3.63) is 34.0 Å². The summed E-state index contributed by atoms with van der Waals surface area (Å²) < 4.78 is 0. The Bertz CT molecular complexity index is 510. The average molecular weight is 247 g/mol. The van der Waals surface area contributed by atoms with Crippen LogP contribution in [0, 0.1) is 13.8 Å². The van der Waals surface area contributed by atoms with Crippen LogP contribution in [0.3, 0.4) is 0 Å². The molecule has 0 saturated carbocycles. The van der Waals surface area contributed by atoms with E-state index in [4.69, 9.17) is 5.73 Å². The highest BCUT2D eigenvalue weighted by atomic mass is 32.1. The zero-order chi connectivity index (χ0) is 12.4. The highest BCUT2D eigenvalue weighted by Gasteiger charge is 2.12. The quantitative estimate of drug-likeness (QED) is 0.907. The zero-order valence-corrected chi connectivity index (χ0v) is 11.3. The first-order chi connectivity index (χ1) is 8.15. The van der Waals surface area contributed by atoms with Crippen LogP contribution in [-0.2, 0) is 13.0 Å². The lowest BCUT2D eigenvalue weighted by atomic mass is 10.2. The van der Waals surface area contributed by atoms with Gasteiger partial charge in [0.1, 0.15) is 10.7 Å². The smallest absolute Gasteiger partial charge is 0.142 e. The second-order valence-electron chi connectivity index (χ2n) is 4.12. The van der Waals surface area contributed by atoms with Gasteiger partial charge in [-0.25, -0.2) is 4.98 Å². The fourth-order valence-electron chi connectivity index (χ4n) is 1.86. The Hall–Kier alpha value is -1.26. The second kappa shape index (κ2) is 4.94. The molecule has 2 aromatic heterocycles. The molecular weight excluding hydrogens is 230 g/mol. The number of thiazole rings is 1. The third kappa shape index (κ3) is 2.37. The summed E-state index contributed by atoms with van der Waals surface area (Å²) in [4.78, 5) is 10.3. The van der Waals surface area contributed by atoms with Crippen LogP contribution in [0.4, 0.5) is 0 Å². The molecule has 3 nitrogen and oxygen atoms in total. The van der Waals surface area contributed by atoms with E-state index in [9.17, 15) is 0 Å². The van der Waals surface area contributed by atoms with Crippen molar-refractivity contribution in [2.45, 2.75) is 33.7 Å². The van der Waals surface area contributed by atoms with Crippen molar-refractivity contribution in [1.29, 1.82) is 0 Å². The monoisotopic (exact) mass is 247 g/mol. The van der Waals surface area contributed by atoms with Crippen LogP contribution in [0.1, 0.15) is 28.6 Å². The van der Waals surface area contributed by atoms with E-state index in [1.54, 1.807) is 11.3 Å². The Morgan fingerprint density at radius 2 is 2.12 bits per heavy atom. The predicted molar refractivity (Wildman–Crippen MR) is 72.1 cm³/mol. The normalized spacial score (nSPS) is 10.8. The molecule has 2 heterocycles. The lowest BCUT2D eigenvalue weighted by Gasteiger charge is -2.01. The standard InChI is InChI=1S/C13H17N3S/c1-4-10-11(6-14)17-13(16-10)12-9(3)5-8(2)7-15-12/h5,7H,4,6,14H2,1-3H3. The van der Waals surface area contributed by atoms with Gasteiger partial charge in [0.05, 0.1) is 5.69 Å². The maximum Gasteiger partial charge on any atom is 0.142 e. The average Bonchev–Trinajstić information content (AvgIpc) is 2.72. The minimum Gasteiger partial charge on any atom is -0.326 e. The molecule has 0 atom stereocenters. The summed E-state index contributed by atoms with van der Waals surface area (Å²) in [6, 6.07) is 2.14. The molecule has 0 radical (unpaired) electrons. The van der Waals surface area contributed by atoms with Gasteiger partial charge in [-0.1, -0.05) is 13.0 Å². The van der Waals surface area contributed by atoms with Gasteiger partial charge in [0.15, 0.2) is 0 Å². The predicted octanol–water partition coefficient (Wildman–Crippen LogP) is 2.84. The van der Waals surface area contributed by atoms with E-state index in [-0.39, 0.29) is 0 Å². The highest BCUT2D eigenvalue weighted by molar-refractivity contribution is 7.15. The van der Waals surface area contributed by atoms with Crippen molar-refractivity contribution >= 4 is 11.3 Å². The van der Waals surface area contributed by atoms with Gasteiger partial charge in [0.2, 0.25) is 0 Å². The number of nitrogens with zero attached hydrogens (tertiary/aromatic N) is 2. The Morgan fingerprint density at radius 1 is 1.35 bits per heavy atom. The van der Waals surface area contributed by atoms with Gasteiger partial charge in [0, 0.05) is 17.6 Å². The summed E-state index contributed by atoms with van der Waals surface area (Å²) in [5, 5.41) is 0.986. The van der Waals surface area contributed by atoms with E-state index in [2.05, 4.69) is 36.8 Å². The molecule has 0 aliphatic rings. The van der Waals surface area contributed by atoms with E-state index < -0.39 is 0 Å². The summed E-state index contributed by atoms with van der Waals surface area (Å²) in [6.45, 7) is 6.79. The van der Waals surface area contributed by atoms with Crippen molar-refractivity contribution in [2.24, 2.45) is 5.73 Å². The van der Waals surface area contributed by atoms with E-state index in [0.717, 1.165) is 22.8 Å². The van der Waals surface area contributed by atoms with Crippen LogP contribution in [0.15, 0.2) is 12.3 Å². The minimum absolute atomic E-state index is 0.561. The summed E-state index contributed by atoms with van der Waals surface area (Å²) in [5.41, 5.74) is 10.2. The van der Waals surface area contributed by atoms with E-state index in [1.165, 1.54) is 16.0 Å². The van der Waals surface area contributed by atoms with Crippen LogP contribution >= 0.6 is 11.3 Å². The van der Waals surface area contributed by atoms with E-state index >= 15 is 0 Å². The fourth-order valence-corrected chi connectivity index (χ4v) is 2.95. The fraction of sp³-hybridized carbons (Fsp3) is 0.385. The summed E-state index contributed by atoms with van der Waals surface area (Å²) in [6.07, 6.45) is 2.81. The molecule has 0 amide bonds. The molecule has 0 aliphatic carbocycles. The van der Waals surface area contributed by atoms with Crippen molar-refractivity contribution < 1.29 is 0 Å². The maximum atomic E-state index is 5.73. The first kappa shape index (κ1) is 12.2. The van der Waals surface area contributed by atoms with Gasteiger partial charge in [0.25, 0.3) is 0 Å². The van der Waals surface area contributed by atoms with E-state index in [0.29, 0.717) is 6.54 Å². The molecule has 2 aromatic rings. The number of hydrogen-bond donors (Lipinski definition) is 1. The van der Waals surface area contributed by atoms with Gasteiger partial charge in [-0.2, -0.15) is 0 Å². The zero-order valence-electron chi connectivity index (χ0n) is 10.4. The molecule has 0 unspecified atom stereocenters. The molecule has 0 aromatic carbocycles. The van der Waals surface area contributed by atoms with Gasteiger partial charge >= 0.3 is 0 Å². The topological polar surface area (TPSA) is 51.8 Å². The summed E-state index contributed by atoms with van der Waals surface area (Å²) >= 11 is 1.66. The Labute approximate surface area is 106 Å². The Balaban J connectivity index is 2.49. The van der Waals surface area contributed by atoms with Gasteiger partial charge in [-0.3, -0.25) is 4.98 Å². The summed E-state index contributed by atoms with van der Waals surface area (Å²) in [7, 11) is 0. The first-order valence-electron chi connectivity index (χ1n) is 5.78. The van der Waals surface area contributed by atoms with Crippen LogP contribution in [0.5, 0.6) is 0 Å². The molecule has 2 N–H and O–H groups in total. The number of aryl methyl sites for hydroxylation is 3. The number of aromatic nitrogens is 2. The number of hydrogen-bond acceptors (Lipinski definition) is 4. The maximum absolute atomic E-state index is 5.73. The van der Waals surface area contributed by atoms with Crippen molar-refractivity contribution in [1.82, 2.24) is 9.97 Å². The number of rotatable bonds is 3. The highest BCUT2D eigenvalue weighted by Crippen LogP contribution is 2.29. The van der Waals surface area contributed by atoms with Crippen LogP contribution in [0.25, 0.3) is 10.7 Å². The van der Waals surface area contributed by atoms with E-state index in [1.807, 2.05) is 6.20 Å². The van der Waals surface area contributed by atoms with Crippen molar-refractivity contribution in [3.63, 3.8) is 0 Å². The first-order valence-corrected chi connectivity index (χ1v) is 6.59. The lowest BCUT2D eigenvalue weighted by molar-refractivity contribution is 0.988. The molecule has 17 heavy (non-hydrogen) atoms. The molecule has 4 heteroatoms. The lowest BCUT2D eigenvalue weighted by Crippen LogP contribution is -1.96. The SMILES string of the molecule is CCc1nc(-c2ncc(C)cc2C)sc1CN. The molecule has 90 valence electrons. The molecule has 0 aliphatic heterocycles. The van der Waals surface area contributed by atoms with Crippen LogP contribution in [-0.4, -0.2) is 9.97 Å². The largest absolute Gasteiger partial charge is 0.326 e. The van der Waals surface area contributed by atoms with Gasteiger partial charge < -0.3 is 5.73 Å². The third-order valence-corrected chi connectivity index (χ3v) is 3.84. The third-order valence-electron chi connectivity index (χ3n) is 2.72. The molecule has 0 saturated heterocycles. The number of pyridine rings is 1. The van der Waals surface area contributed by atoms with Gasteiger partial charge in [-0.05, 0) is 31.4 Å². The Kier molecular flexibility index (Phi) is 3.54. The van der Waals surface area contributed by atoms with Gasteiger partial charge in [-0.15, -0.1) is 11.3 Å². The second-order valence-corrected chi connectivity index (χ2v) is 5.21. The summed E-state index contributed by atoms with van der Waals surface area (Å²) in [5.74, 6) is 0. The van der Waals surface area contributed by atoms with Crippen molar-refractivity contribution in [2.75, 3.05) is 0 Å². The van der Waals surface area contributed by atoms with Crippen molar-refractivity contribution in [3.8, 4) is 10.7 Å². The molecule has 2 rings (SSSR count). The molecular formula is C13H17N3S. The minimum atomic E-state index is 0.561. The number of nitrogens with two attached hydrogens (primary N) is 1. The molecule has 0 bridgehead atoms. The Morgan fingerprint density at radius 3 is 2.65 bits per heavy atom. The molecule has 0 spiro atoms. The van der Waals surface area contributed by atoms with Crippen LogP contribution < -0.4 is 5.73 Å².